The fraction of sp³-hybridized carbons (Fsp3) is 0.222. The van der Waals surface area contributed by atoms with Gasteiger partial charge in [0.05, 0.1) is 12.2 Å². The number of Topliss-reactive ketones (excluding diaryl/α,β-unsaturated/α-hetero) is 1. The number of ether oxygens (including phenoxy) is 3. The highest BCUT2D eigenvalue weighted by molar-refractivity contribution is 6.14. The van der Waals surface area contributed by atoms with Crippen LogP contribution in [0.3, 0.4) is 0 Å². The molecule has 0 bridgehead atoms. The van der Waals surface area contributed by atoms with E-state index >= 15 is 0 Å². The third kappa shape index (κ3) is 4.48. The van der Waals surface area contributed by atoms with E-state index in [0.717, 1.165) is 11.3 Å². The monoisotopic (exact) mass is 414 g/mol. The molecule has 0 aromatic heterocycles. The standard InChI is InChI=1S/C27H26O4/c1-5-29-22-9-10-23-25(15-22)31-26(27(23)28)14-20-7-6-8-21(13-20)30-16-24-18(3)11-17(2)12-19(24)4/h6-15H,5,16H2,1-4H3. The van der Waals surface area contributed by atoms with E-state index in [0.29, 0.717) is 36.0 Å². The molecule has 0 fully saturated rings. The molecule has 0 radical (unpaired) electrons. The van der Waals surface area contributed by atoms with Gasteiger partial charge in [-0.15, -0.1) is 0 Å². The zero-order valence-electron chi connectivity index (χ0n) is 18.3. The number of hydrogen-bond donors (Lipinski definition) is 0. The lowest BCUT2D eigenvalue weighted by molar-refractivity contribution is 0.101. The van der Waals surface area contributed by atoms with Crippen LogP contribution in [0.25, 0.3) is 6.08 Å². The first-order valence-corrected chi connectivity index (χ1v) is 10.5. The van der Waals surface area contributed by atoms with Gasteiger partial charge in [-0.3, -0.25) is 4.79 Å². The second-order valence-electron chi connectivity index (χ2n) is 7.77. The van der Waals surface area contributed by atoms with E-state index in [9.17, 15) is 4.79 Å². The minimum Gasteiger partial charge on any atom is -0.494 e. The molecule has 0 atom stereocenters. The van der Waals surface area contributed by atoms with Crippen molar-refractivity contribution in [1.82, 2.24) is 0 Å². The average Bonchev–Trinajstić information content (AvgIpc) is 3.02. The van der Waals surface area contributed by atoms with Crippen LogP contribution in [0.2, 0.25) is 0 Å². The van der Waals surface area contributed by atoms with Crippen LogP contribution in [0.1, 0.15) is 45.1 Å². The van der Waals surface area contributed by atoms with E-state index in [4.69, 9.17) is 14.2 Å². The minimum absolute atomic E-state index is 0.129. The fourth-order valence-electron chi connectivity index (χ4n) is 3.86. The lowest BCUT2D eigenvalue weighted by atomic mass is 10.0. The maximum atomic E-state index is 12.7. The van der Waals surface area contributed by atoms with Gasteiger partial charge in [-0.2, -0.15) is 0 Å². The van der Waals surface area contributed by atoms with Crippen molar-refractivity contribution in [3.63, 3.8) is 0 Å². The number of ketones is 1. The summed E-state index contributed by atoms with van der Waals surface area (Å²) < 4.78 is 17.4. The molecule has 31 heavy (non-hydrogen) atoms. The largest absolute Gasteiger partial charge is 0.494 e. The van der Waals surface area contributed by atoms with Crippen LogP contribution < -0.4 is 14.2 Å². The fourth-order valence-corrected chi connectivity index (χ4v) is 3.86. The highest BCUT2D eigenvalue weighted by atomic mass is 16.5. The molecule has 0 amide bonds. The van der Waals surface area contributed by atoms with Crippen molar-refractivity contribution in [2.45, 2.75) is 34.3 Å². The molecule has 3 aromatic rings. The van der Waals surface area contributed by atoms with Gasteiger partial charge in [0.1, 0.15) is 23.9 Å². The molecule has 4 nitrogen and oxygen atoms in total. The van der Waals surface area contributed by atoms with Crippen molar-refractivity contribution in [3.05, 3.63) is 93.7 Å². The van der Waals surface area contributed by atoms with Crippen molar-refractivity contribution < 1.29 is 19.0 Å². The molecule has 1 aliphatic heterocycles. The van der Waals surface area contributed by atoms with Crippen LogP contribution in [0, 0.1) is 20.8 Å². The Morgan fingerprint density at radius 1 is 0.903 bits per heavy atom. The summed E-state index contributed by atoms with van der Waals surface area (Å²) >= 11 is 0. The van der Waals surface area contributed by atoms with Gasteiger partial charge in [0, 0.05) is 6.07 Å². The molecule has 0 aliphatic carbocycles. The Balaban J connectivity index is 1.51. The summed E-state index contributed by atoms with van der Waals surface area (Å²) in [4.78, 5) is 12.7. The number of aryl methyl sites for hydroxylation is 3. The number of benzene rings is 3. The van der Waals surface area contributed by atoms with Gasteiger partial charge in [-0.05, 0) is 80.3 Å². The summed E-state index contributed by atoms with van der Waals surface area (Å²) in [7, 11) is 0. The van der Waals surface area contributed by atoms with Crippen LogP contribution in [-0.4, -0.2) is 12.4 Å². The van der Waals surface area contributed by atoms with E-state index in [1.165, 1.54) is 22.3 Å². The first kappa shape index (κ1) is 20.7. The van der Waals surface area contributed by atoms with Crippen LogP contribution in [-0.2, 0) is 6.61 Å². The summed E-state index contributed by atoms with van der Waals surface area (Å²) in [5.74, 6) is 2.13. The first-order chi connectivity index (χ1) is 14.9. The maximum Gasteiger partial charge on any atom is 0.231 e. The van der Waals surface area contributed by atoms with Gasteiger partial charge in [0.15, 0.2) is 5.76 Å². The second-order valence-corrected chi connectivity index (χ2v) is 7.77. The molecule has 4 rings (SSSR count). The Kier molecular flexibility index (Phi) is 5.81. The smallest absolute Gasteiger partial charge is 0.231 e. The summed E-state index contributed by atoms with van der Waals surface area (Å²) in [6.07, 6.45) is 1.75. The maximum absolute atomic E-state index is 12.7. The van der Waals surface area contributed by atoms with Crippen molar-refractivity contribution >= 4 is 11.9 Å². The average molecular weight is 415 g/mol. The first-order valence-electron chi connectivity index (χ1n) is 10.5. The summed E-state index contributed by atoms with van der Waals surface area (Å²) in [5, 5.41) is 0. The van der Waals surface area contributed by atoms with Crippen molar-refractivity contribution in [1.29, 1.82) is 0 Å². The molecule has 0 N–H and O–H groups in total. The molecule has 4 heteroatoms. The van der Waals surface area contributed by atoms with Crippen LogP contribution in [0.15, 0.2) is 60.4 Å². The number of allylic oxidation sites excluding steroid dienone is 1. The number of fused-ring (bicyclic) bond motifs is 1. The van der Waals surface area contributed by atoms with Gasteiger partial charge in [0.25, 0.3) is 0 Å². The predicted octanol–water partition coefficient (Wildman–Crippen LogP) is 6.21. The van der Waals surface area contributed by atoms with E-state index in [1.807, 2.05) is 31.2 Å². The van der Waals surface area contributed by atoms with Gasteiger partial charge in [-0.25, -0.2) is 0 Å². The Labute approximate surface area is 183 Å². The SMILES string of the molecule is CCOc1ccc2c(c1)OC(=Cc1cccc(OCc3c(C)cc(C)cc3C)c1)C2=O. The van der Waals surface area contributed by atoms with E-state index in [1.54, 1.807) is 24.3 Å². The molecule has 3 aromatic carbocycles. The number of carbonyl (C=O) groups excluding carboxylic acids is 1. The number of carbonyl (C=O) groups is 1. The Morgan fingerprint density at radius 3 is 2.39 bits per heavy atom. The van der Waals surface area contributed by atoms with Gasteiger partial charge >= 0.3 is 0 Å². The topological polar surface area (TPSA) is 44.8 Å². The van der Waals surface area contributed by atoms with Crippen molar-refractivity contribution in [3.8, 4) is 17.2 Å². The lowest BCUT2D eigenvalue weighted by Gasteiger charge is -2.13. The van der Waals surface area contributed by atoms with E-state index in [-0.39, 0.29) is 5.78 Å². The van der Waals surface area contributed by atoms with Crippen LogP contribution in [0.4, 0.5) is 0 Å². The molecule has 0 unspecified atom stereocenters. The third-order valence-electron chi connectivity index (χ3n) is 5.33. The molecule has 0 saturated carbocycles. The zero-order chi connectivity index (χ0) is 22.0. The Bertz CT molecular complexity index is 1150. The molecule has 1 heterocycles. The normalized spacial score (nSPS) is 13.8. The molecular formula is C27H26O4. The number of hydrogen-bond acceptors (Lipinski definition) is 4. The van der Waals surface area contributed by atoms with E-state index in [2.05, 4.69) is 32.9 Å². The van der Waals surface area contributed by atoms with Crippen LogP contribution in [0.5, 0.6) is 17.2 Å². The summed E-state index contributed by atoms with van der Waals surface area (Å²) in [6.45, 7) is 9.29. The number of rotatable bonds is 6. The highest BCUT2D eigenvalue weighted by Crippen LogP contribution is 2.35. The summed E-state index contributed by atoms with van der Waals surface area (Å²) in [5.41, 5.74) is 6.30. The van der Waals surface area contributed by atoms with E-state index < -0.39 is 0 Å². The lowest BCUT2D eigenvalue weighted by Crippen LogP contribution is -2.02. The van der Waals surface area contributed by atoms with Crippen LogP contribution >= 0.6 is 0 Å². The summed E-state index contributed by atoms with van der Waals surface area (Å²) in [6, 6.07) is 17.3. The third-order valence-corrected chi connectivity index (χ3v) is 5.33. The molecule has 0 spiro atoms. The molecule has 0 saturated heterocycles. The van der Waals surface area contributed by atoms with Crippen molar-refractivity contribution in [2.24, 2.45) is 0 Å². The molecule has 1 aliphatic rings. The second kappa shape index (κ2) is 8.68. The quantitative estimate of drug-likeness (QED) is 0.450. The highest BCUT2D eigenvalue weighted by Gasteiger charge is 2.27. The van der Waals surface area contributed by atoms with Gasteiger partial charge in [-0.1, -0.05) is 29.8 Å². The molecule has 158 valence electrons. The molecular weight excluding hydrogens is 388 g/mol. The van der Waals surface area contributed by atoms with Crippen molar-refractivity contribution in [2.75, 3.05) is 6.61 Å². The van der Waals surface area contributed by atoms with Gasteiger partial charge in [0.2, 0.25) is 5.78 Å². The van der Waals surface area contributed by atoms with Gasteiger partial charge < -0.3 is 14.2 Å². The minimum atomic E-state index is -0.129. The predicted molar refractivity (Wildman–Crippen MR) is 122 cm³/mol. The Morgan fingerprint density at radius 2 is 1.65 bits per heavy atom. The Hall–Kier alpha value is -3.53. The zero-order valence-corrected chi connectivity index (χ0v) is 18.3.